The first-order chi connectivity index (χ1) is 12.9. The molecule has 0 unspecified atom stereocenters. The van der Waals surface area contributed by atoms with Crippen molar-refractivity contribution >= 4 is 28.3 Å². The Balaban J connectivity index is 1.76. The van der Waals surface area contributed by atoms with E-state index in [1.165, 1.54) is 4.90 Å². The molecule has 3 aromatic rings. The third-order valence-corrected chi connectivity index (χ3v) is 4.57. The van der Waals surface area contributed by atoms with E-state index in [0.29, 0.717) is 0 Å². The Kier molecular flexibility index (Phi) is 5.12. The van der Waals surface area contributed by atoms with Crippen LogP contribution in [0.1, 0.15) is 21.5 Å². The van der Waals surface area contributed by atoms with Gasteiger partial charge in [0.1, 0.15) is 5.75 Å². The summed E-state index contributed by atoms with van der Waals surface area (Å²) in [6, 6.07) is 16.5. The number of aromatic hydroxyl groups is 1. The monoisotopic (exact) mass is 362 g/mol. The maximum atomic E-state index is 12.7. The number of anilines is 1. The lowest BCUT2D eigenvalue weighted by Gasteiger charge is -2.19. The van der Waals surface area contributed by atoms with Gasteiger partial charge in [-0.25, -0.2) is 0 Å². The average Bonchev–Trinajstić information content (AvgIpc) is 2.63. The molecule has 0 aliphatic rings. The zero-order valence-electron chi connectivity index (χ0n) is 15.6. The number of carbonyl (C=O) groups excluding carboxylic acids is 2. The van der Waals surface area contributed by atoms with Gasteiger partial charge in [0.15, 0.2) is 0 Å². The van der Waals surface area contributed by atoms with Crippen LogP contribution in [-0.2, 0) is 4.79 Å². The van der Waals surface area contributed by atoms with Crippen LogP contribution in [-0.4, -0.2) is 35.4 Å². The molecule has 2 amide bonds. The summed E-state index contributed by atoms with van der Waals surface area (Å²) in [5.74, 6) is -0.792. The zero-order chi connectivity index (χ0) is 19.6. The summed E-state index contributed by atoms with van der Waals surface area (Å²) in [6.07, 6.45) is 0. The minimum Gasteiger partial charge on any atom is -0.507 e. The molecule has 0 bridgehead atoms. The first-order valence-electron chi connectivity index (χ1n) is 8.70. The van der Waals surface area contributed by atoms with Gasteiger partial charge in [0.2, 0.25) is 5.91 Å². The number of rotatable bonds is 4. The van der Waals surface area contributed by atoms with Crippen LogP contribution >= 0.6 is 0 Å². The Hall–Kier alpha value is -3.34. The van der Waals surface area contributed by atoms with Gasteiger partial charge in [-0.2, -0.15) is 0 Å². The van der Waals surface area contributed by atoms with Crippen molar-refractivity contribution in [3.63, 3.8) is 0 Å². The van der Waals surface area contributed by atoms with Crippen LogP contribution in [0.4, 0.5) is 5.69 Å². The summed E-state index contributed by atoms with van der Waals surface area (Å²) in [7, 11) is 1.54. The lowest BCUT2D eigenvalue weighted by Crippen LogP contribution is -2.35. The van der Waals surface area contributed by atoms with Crippen molar-refractivity contribution in [1.82, 2.24) is 4.90 Å². The lowest BCUT2D eigenvalue weighted by molar-refractivity contribution is -0.116. The molecule has 0 atom stereocenters. The number of nitrogens with one attached hydrogen (secondary N) is 1. The largest absolute Gasteiger partial charge is 0.507 e. The molecule has 0 spiro atoms. The molecule has 2 N–H and O–H groups in total. The highest BCUT2D eigenvalue weighted by atomic mass is 16.3. The molecule has 27 heavy (non-hydrogen) atoms. The summed E-state index contributed by atoms with van der Waals surface area (Å²) in [5, 5.41) is 14.8. The Labute approximate surface area is 158 Å². The van der Waals surface area contributed by atoms with Crippen molar-refractivity contribution < 1.29 is 14.7 Å². The average molecular weight is 362 g/mol. The van der Waals surface area contributed by atoms with Gasteiger partial charge in [0.05, 0.1) is 12.1 Å². The van der Waals surface area contributed by atoms with E-state index < -0.39 is 5.91 Å². The molecule has 5 nitrogen and oxygen atoms in total. The number of likely N-dealkylation sites (N-methyl/N-ethyl adjacent to an activating group) is 1. The van der Waals surface area contributed by atoms with Crippen molar-refractivity contribution in [3.8, 4) is 5.75 Å². The predicted molar refractivity (Wildman–Crippen MR) is 107 cm³/mol. The minimum absolute atomic E-state index is 0.0966. The number of phenolic OH excluding ortho intramolecular Hbond substituents is 1. The van der Waals surface area contributed by atoms with E-state index >= 15 is 0 Å². The lowest BCUT2D eigenvalue weighted by atomic mass is 10.1. The van der Waals surface area contributed by atoms with Gasteiger partial charge < -0.3 is 15.3 Å². The first-order valence-corrected chi connectivity index (χ1v) is 8.70. The van der Waals surface area contributed by atoms with Gasteiger partial charge in [-0.1, -0.05) is 42.5 Å². The summed E-state index contributed by atoms with van der Waals surface area (Å²) < 4.78 is 0. The fourth-order valence-corrected chi connectivity index (χ4v) is 3.08. The fraction of sp³-hybridized carbons (Fsp3) is 0.182. The summed E-state index contributed by atoms with van der Waals surface area (Å²) >= 11 is 0. The molecular formula is C22H22N2O3. The van der Waals surface area contributed by atoms with Crippen LogP contribution in [0.2, 0.25) is 0 Å². The van der Waals surface area contributed by atoms with E-state index in [1.54, 1.807) is 19.2 Å². The molecule has 3 aromatic carbocycles. The number of carbonyl (C=O) groups is 2. The third-order valence-electron chi connectivity index (χ3n) is 4.57. The van der Waals surface area contributed by atoms with Crippen LogP contribution in [0, 0.1) is 13.8 Å². The molecule has 0 aliphatic heterocycles. The highest BCUT2D eigenvalue weighted by Crippen LogP contribution is 2.26. The molecule has 0 aliphatic carbocycles. The van der Waals surface area contributed by atoms with E-state index in [1.807, 2.05) is 56.3 Å². The van der Waals surface area contributed by atoms with Crippen molar-refractivity contribution in [2.45, 2.75) is 13.8 Å². The van der Waals surface area contributed by atoms with Crippen LogP contribution in [0.15, 0.2) is 54.6 Å². The van der Waals surface area contributed by atoms with Crippen LogP contribution in [0.25, 0.3) is 10.8 Å². The van der Waals surface area contributed by atoms with E-state index in [-0.39, 0.29) is 23.8 Å². The maximum Gasteiger partial charge on any atom is 0.257 e. The Morgan fingerprint density at radius 1 is 0.963 bits per heavy atom. The molecule has 0 saturated heterocycles. The van der Waals surface area contributed by atoms with Gasteiger partial charge in [-0.05, 0) is 47.9 Å². The number of hydrogen-bond acceptors (Lipinski definition) is 3. The quantitative estimate of drug-likeness (QED) is 0.740. The zero-order valence-corrected chi connectivity index (χ0v) is 15.6. The smallest absolute Gasteiger partial charge is 0.257 e. The number of amides is 2. The molecule has 0 fully saturated rings. The van der Waals surface area contributed by atoms with Crippen molar-refractivity contribution in [2.24, 2.45) is 0 Å². The van der Waals surface area contributed by atoms with Crippen molar-refractivity contribution in [3.05, 3.63) is 71.3 Å². The fourth-order valence-electron chi connectivity index (χ4n) is 3.08. The van der Waals surface area contributed by atoms with Gasteiger partial charge in [0, 0.05) is 12.7 Å². The van der Waals surface area contributed by atoms with Gasteiger partial charge in [0.25, 0.3) is 5.91 Å². The molecular weight excluding hydrogens is 340 g/mol. The maximum absolute atomic E-state index is 12.7. The molecule has 0 aromatic heterocycles. The normalized spacial score (nSPS) is 10.6. The Morgan fingerprint density at radius 2 is 1.56 bits per heavy atom. The van der Waals surface area contributed by atoms with Crippen LogP contribution in [0.5, 0.6) is 5.75 Å². The number of fused-ring (bicyclic) bond motifs is 1. The first kappa shape index (κ1) is 18.5. The standard InChI is InChI=1S/C22H22N2O3/c1-14-7-6-8-15(2)21(14)23-20(26)13-24(3)22(27)18-11-16-9-4-5-10-17(16)12-19(18)25/h4-12,25H,13H2,1-3H3,(H,23,26). The molecule has 3 rings (SSSR count). The Bertz CT molecular complexity index is 1010. The number of aryl methyl sites for hydroxylation is 2. The number of nitrogens with zero attached hydrogens (tertiary/aromatic N) is 1. The highest BCUT2D eigenvalue weighted by Gasteiger charge is 2.19. The number of phenols is 1. The molecule has 0 saturated carbocycles. The number of para-hydroxylation sites is 1. The summed E-state index contributed by atoms with van der Waals surface area (Å²) in [5.41, 5.74) is 2.86. The van der Waals surface area contributed by atoms with Gasteiger partial charge in [-0.3, -0.25) is 9.59 Å². The molecule has 138 valence electrons. The van der Waals surface area contributed by atoms with Crippen LogP contribution < -0.4 is 5.32 Å². The summed E-state index contributed by atoms with van der Waals surface area (Å²) in [4.78, 5) is 26.4. The molecule has 0 heterocycles. The topological polar surface area (TPSA) is 69.6 Å². The van der Waals surface area contributed by atoms with Gasteiger partial charge in [-0.15, -0.1) is 0 Å². The Morgan fingerprint density at radius 3 is 2.19 bits per heavy atom. The van der Waals surface area contributed by atoms with Crippen molar-refractivity contribution in [2.75, 3.05) is 18.9 Å². The van der Waals surface area contributed by atoms with Crippen molar-refractivity contribution in [1.29, 1.82) is 0 Å². The predicted octanol–water partition coefficient (Wildman–Crippen LogP) is 3.87. The van der Waals surface area contributed by atoms with E-state index in [4.69, 9.17) is 0 Å². The van der Waals surface area contributed by atoms with E-state index in [9.17, 15) is 14.7 Å². The summed E-state index contributed by atoms with van der Waals surface area (Å²) in [6.45, 7) is 3.73. The molecule has 5 heteroatoms. The van der Waals surface area contributed by atoms with Gasteiger partial charge >= 0.3 is 0 Å². The number of benzene rings is 3. The third kappa shape index (κ3) is 3.92. The second kappa shape index (κ2) is 7.50. The van der Waals surface area contributed by atoms with E-state index in [2.05, 4.69) is 5.32 Å². The highest BCUT2D eigenvalue weighted by molar-refractivity contribution is 6.03. The molecule has 0 radical (unpaired) electrons. The number of hydrogen-bond donors (Lipinski definition) is 2. The minimum atomic E-state index is -0.407. The SMILES string of the molecule is Cc1cccc(C)c1NC(=O)CN(C)C(=O)c1cc2ccccc2cc1O. The second-order valence-electron chi connectivity index (χ2n) is 6.69. The second-order valence-corrected chi connectivity index (χ2v) is 6.69. The van der Waals surface area contributed by atoms with Crippen LogP contribution in [0.3, 0.4) is 0 Å². The van der Waals surface area contributed by atoms with E-state index in [0.717, 1.165) is 27.6 Å².